The minimum atomic E-state index is -0.0903. The zero-order chi connectivity index (χ0) is 15.7. The van der Waals surface area contributed by atoms with Gasteiger partial charge in [-0.05, 0) is 45.7 Å². The number of thiazole rings is 1. The zero-order valence-electron chi connectivity index (χ0n) is 13.0. The maximum atomic E-state index is 12.5. The predicted octanol–water partition coefficient (Wildman–Crippen LogP) is 3.32. The molecule has 2 aromatic rings. The lowest BCUT2D eigenvalue weighted by Crippen LogP contribution is -2.40. The molecule has 3 heterocycles. The van der Waals surface area contributed by atoms with Gasteiger partial charge in [0, 0.05) is 6.61 Å². The zero-order valence-corrected chi connectivity index (χ0v) is 13.8. The van der Waals surface area contributed by atoms with E-state index in [1.54, 1.807) is 0 Å². The van der Waals surface area contributed by atoms with Gasteiger partial charge in [-0.25, -0.2) is 4.98 Å². The van der Waals surface area contributed by atoms with E-state index in [1.165, 1.54) is 11.3 Å². The Morgan fingerprint density at radius 3 is 2.91 bits per heavy atom. The van der Waals surface area contributed by atoms with Crippen LogP contribution in [0.5, 0.6) is 0 Å². The highest BCUT2D eigenvalue weighted by Crippen LogP contribution is 2.29. The molecule has 118 valence electrons. The second-order valence-electron chi connectivity index (χ2n) is 5.66. The molecule has 1 saturated heterocycles. The van der Waals surface area contributed by atoms with E-state index in [2.05, 4.69) is 10.3 Å². The van der Waals surface area contributed by atoms with Gasteiger partial charge in [0.25, 0.3) is 5.91 Å². The van der Waals surface area contributed by atoms with Crippen LogP contribution in [0, 0.1) is 13.8 Å². The van der Waals surface area contributed by atoms with Crippen LogP contribution in [0.2, 0.25) is 0 Å². The summed E-state index contributed by atoms with van der Waals surface area (Å²) in [5.41, 5.74) is 0.728. The molecule has 1 fully saturated rings. The summed E-state index contributed by atoms with van der Waals surface area (Å²) in [4.78, 5) is 17.5. The molecule has 0 spiro atoms. The Balaban J connectivity index is 1.73. The van der Waals surface area contributed by atoms with Crippen molar-refractivity contribution in [2.45, 2.75) is 45.8 Å². The molecule has 0 radical (unpaired) electrons. The summed E-state index contributed by atoms with van der Waals surface area (Å²) < 4.78 is 11.2. The first kappa shape index (κ1) is 15.2. The molecule has 6 heteroatoms. The summed E-state index contributed by atoms with van der Waals surface area (Å²) in [6.07, 6.45) is 2.18. The van der Waals surface area contributed by atoms with E-state index in [4.69, 9.17) is 9.15 Å². The third-order valence-electron chi connectivity index (χ3n) is 3.84. The van der Waals surface area contributed by atoms with Gasteiger partial charge in [0.15, 0.2) is 10.8 Å². The van der Waals surface area contributed by atoms with Crippen LogP contribution in [-0.2, 0) is 4.74 Å². The number of aromatic nitrogens is 1. The number of hydrogen-bond donors (Lipinski definition) is 1. The summed E-state index contributed by atoms with van der Waals surface area (Å²) in [6.45, 7) is 6.51. The van der Waals surface area contributed by atoms with Gasteiger partial charge in [0.1, 0.15) is 10.6 Å². The molecule has 0 aromatic carbocycles. The lowest BCUT2D eigenvalue weighted by Gasteiger charge is -2.19. The van der Waals surface area contributed by atoms with E-state index < -0.39 is 0 Å². The number of amides is 1. The van der Waals surface area contributed by atoms with Crippen molar-refractivity contribution >= 4 is 17.2 Å². The van der Waals surface area contributed by atoms with Crippen LogP contribution in [0.25, 0.3) is 10.8 Å². The standard InChI is InChI=1S/C16H20N2O3S/c1-9-6-7-13(21-9)16-18-11(3)14(22-16)15(19)17-10(2)12-5-4-8-20-12/h6-7,10,12H,4-5,8H2,1-3H3,(H,17,19)/t10-,12+/m0/s1. The summed E-state index contributed by atoms with van der Waals surface area (Å²) in [7, 11) is 0. The van der Waals surface area contributed by atoms with Crippen LogP contribution in [0.3, 0.4) is 0 Å². The number of nitrogens with one attached hydrogen (secondary N) is 1. The maximum Gasteiger partial charge on any atom is 0.263 e. The summed E-state index contributed by atoms with van der Waals surface area (Å²) in [5, 5.41) is 3.76. The Bertz CT molecular complexity index is 671. The van der Waals surface area contributed by atoms with Gasteiger partial charge in [0.05, 0.1) is 17.8 Å². The van der Waals surface area contributed by atoms with E-state index in [-0.39, 0.29) is 18.1 Å². The van der Waals surface area contributed by atoms with Gasteiger partial charge in [-0.3, -0.25) is 4.79 Å². The van der Waals surface area contributed by atoms with Gasteiger partial charge >= 0.3 is 0 Å². The lowest BCUT2D eigenvalue weighted by molar-refractivity contribution is 0.0714. The van der Waals surface area contributed by atoms with Gasteiger partial charge in [-0.2, -0.15) is 0 Å². The number of hydrogen-bond acceptors (Lipinski definition) is 5. The molecule has 2 atom stereocenters. The predicted molar refractivity (Wildman–Crippen MR) is 85.2 cm³/mol. The number of carbonyl (C=O) groups excluding carboxylic acids is 1. The van der Waals surface area contributed by atoms with Crippen molar-refractivity contribution in [1.29, 1.82) is 0 Å². The van der Waals surface area contributed by atoms with Crippen LogP contribution >= 0.6 is 11.3 Å². The molecule has 1 aliphatic heterocycles. The van der Waals surface area contributed by atoms with Crippen molar-refractivity contribution in [2.75, 3.05) is 6.61 Å². The van der Waals surface area contributed by atoms with E-state index in [1.807, 2.05) is 32.9 Å². The molecule has 0 aliphatic carbocycles. The fourth-order valence-corrected chi connectivity index (χ4v) is 3.56. The van der Waals surface area contributed by atoms with Gasteiger partial charge in [-0.1, -0.05) is 0 Å². The van der Waals surface area contributed by atoms with Gasteiger partial charge in [0.2, 0.25) is 0 Å². The van der Waals surface area contributed by atoms with Gasteiger partial charge in [-0.15, -0.1) is 11.3 Å². The highest BCUT2D eigenvalue weighted by Gasteiger charge is 2.25. The maximum absolute atomic E-state index is 12.5. The van der Waals surface area contributed by atoms with Crippen LogP contribution in [0.4, 0.5) is 0 Å². The van der Waals surface area contributed by atoms with Crippen molar-refractivity contribution < 1.29 is 13.9 Å². The first-order valence-corrected chi connectivity index (χ1v) is 8.33. The number of carbonyl (C=O) groups is 1. The van der Waals surface area contributed by atoms with Crippen molar-refractivity contribution in [2.24, 2.45) is 0 Å². The van der Waals surface area contributed by atoms with E-state index in [0.717, 1.165) is 35.9 Å². The lowest BCUT2D eigenvalue weighted by atomic mass is 10.1. The molecule has 2 aromatic heterocycles. The van der Waals surface area contributed by atoms with Crippen LogP contribution in [0.1, 0.15) is 40.9 Å². The highest BCUT2D eigenvalue weighted by atomic mass is 32.1. The first-order valence-electron chi connectivity index (χ1n) is 7.51. The number of ether oxygens (including phenoxy) is 1. The highest BCUT2D eigenvalue weighted by molar-refractivity contribution is 7.17. The second-order valence-corrected chi connectivity index (χ2v) is 6.66. The average Bonchev–Trinajstić information content (AvgIpc) is 3.18. The SMILES string of the molecule is Cc1ccc(-c2nc(C)c(C(=O)N[C@@H](C)[C@H]3CCCO3)s2)o1. The Labute approximate surface area is 133 Å². The fraction of sp³-hybridized carbons (Fsp3) is 0.500. The smallest absolute Gasteiger partial charge is 0.263 e. The molecular weight excluding hydrogens is 300 g/mol. The summed E-state index contributed by atoms with van der Waals surface area (Å²) in [5.74, 6) is 1.45. The Hall–Kier alpha value is -1.66. The number of furan rings is 1. The van der Waals surface area contributed by atoms with Crippen molar-refractivity contribution in [3.63, 3.8) is 0 Å². The molecule has 1 aliphatic rings. The van der Waals surface area contributed by atoms with Crippen LogP contribution in [0.15, 0.2) is 16.5 Å². The Kier molecular flexibility index (Phi) is 4.31. The van der Waals surface area contributed by atoms with Crippen LogP contribution < -0.4 is 5.32 Å². The minimum Gasteiger partial charge on any atom is -0.459 e. The first-order chi connectivity index (χ1) is 10.5. The molecule has 0 bridgehead atoms. The third-order valence-corrected chi connectivity index (χ3v) is 5.01. The van der Waals surface area contributed by atoms with Crippen LogP contribution in [-0.4, -0.2) is 29.6 Å². The van der Waals surface area contributed by atoms with E-state index in [0.29, 0.717) is 10.6 Å². The van der Waals surface area contributed by atoms with E-state index in [9.17, 15) is 4.79 Å². The summed E-state index contributed by atoms with van der Waals surface area (Å²) >= 11 is 1.36. The Morgan fingerprint density at radius 1 is 1.45 bits per heavy atom. The minimum absolute atomic E-state index is 0.00538. The van der Waals surface area contributed by atoms with Crippen molar-refractivity contribution in [1.82, 2.24) is 10.3 Å². The Morgan fingerprint density at radius 2 is 2.27 bits per heavy atom. The van der Waals surface area contributed by atoms with E-state index >= 15 is 0 Å². The largest absolute Gasteiger partial charge is 0.459 e. The fourth-order valence-electron chi connectivity index (χ4n) is 2.62. The number of rotatable bonds is 4. The third kappa shape index (κ3) is 3.08. The molecule has 5 nitrogen and oxygen atoms in total. The number of aryl methyl sites for hydroxylation is 2. The van der Waals surface area contributed by atoms with Crippen molar-refractivity contribution in [3.8, 4) is 10.8 Å². The monoisotopic (exact) mass is 320 g/mol. The number of nitrogens with zero attached hydrogens (tertiary/aromatic N) is 1. The molecule has 0 saturated carbocycles. The van der Waals surface area contributed by atoms with Crippen molar-refractivity contribution in [3.05, 3.63) is 28.5 Å². The molecule has 3 rings (SSSR count). The average molecular weight is 320 g/mol. The van der Waals surface area contributed by atoms with Gasteiger partial charge < -0.3 is 14.5 Å². The molecular formula is C16H20N2O3S. The molecule has 1 amide bonds. The topological polar surface area (TPSA) is 64.4 Å². The normalized spacial score (nSPS) is 19.3. The molecule has 0 unspecified atom stereocenters. The molecule has 22 heavy (non-hydrogen) atoms. The second kappa shape index (κ2) is 6.22. The molecule has 1 N–H and O–H groups in total. The summed E-state index contributed by atoms with van der Waals surface area (Å²) in [6, 6.07) is 3.78. The quantitative estimate of drug-likeness (QED) is 0.938.